The number of aryl methyl sites for hydroxylation is 1. The van der Waals surface area contributed by atoms with Gasteiger partial charge in [-0.15, -0.1) is 11.3 Å². The Kier molecular flexibility index (Phi) is 7.28. The van der Waals surface area contributed by atoms with Crippen LogP contribution >= 0.6 is 11.3 Å². The molecule has 4 aliphatic carbocycles. The number of thiophene rings is 1. The average Bonchev–Trinajstić information content (AvgIpc) is 3.41. The molecule has 0 aliphatic heterocycles. The third kappa shape index (κ3) is 4.75. The Morgan fingerprint density at radius 1 is 1.11 bits per heavy atom. The minimum absolute atomic E-state index is 0.0458. The normalized spacial score (nSPS) is 38.0. The van der Waals surface area contributed by atoms with Crippen molar-refractivity contribution in [2.24, 2.45) is 23.2 Å². The second-order valence-corrected chi connectivity index (χ2v) is 13.7. The van der Waals surface area contributed by atoms with Crippen LogP contribution in [0.4, 0.5) is 0 Å². The van der Waals surface area contributed by atoms with E-state index in [-0.39, 0.29) is 10.8 Å². The number of hydrogen-bond acceptors (Lipinski definition) is 4. The summed E-state index contributed by atoms with van der Waals surface area (Å²) < 4.78 is 0. The Labute approximate surface area is 221 Å². The first kappa shape index (κ1) is 26.2. The van der Waals surface area contributed by atoms with Gasteiger partial charge in [-0.1, -0.05) is 50.3 Å². The second-order valence-electron chi connectivity index (χ2n) is 12.4. The van der Waals surface area contributed by atoms with E-state index >= 15 is 0 Å². The molecular weight excluding hydrogens is 464 g/mol. The van der Waals surface area contributed by atoms with Gasteiger partial charge < -0.3 is 15.3 Å². The average molecular weight is 509 g/mol. The van der Waals surface area contributed by atoms with E-state index < -0.39 is 18.3 Å². The lowest BCUT2D eigenvalue weighted by atomic mass is 9.61. The zero-order valence-electron chi connectivity index (χ0n) is 22.2. The van der Waals surface area contributed by atoms with Crippen LogP contribution in [-0.4, -0.2) is 33.6 Å². The highest BCUT2D eigenvalue weighted by atomic mass is 32.1. The third-order valence-corrected chi connectivity index (χ3v) is 11.3. The molecule has 4 heteroatoms. The van der Waals surface area contributed by atoms with Gasteiger partial charge in [-0.05, 0) is 105 Å². The van der Waals surface area contributed by atoms with Crippen molar-refractivity contribution in [2.45, 2.75) is 102 Å². The predicted octanol–water partition coefficient (Wildman–Crippen LogP) is 6.78. The maximum atomic E-state index is 11.1. The molecule has 1 aromatic heterocycles. The zero-order chi connectivity index (χ0) is 25.7. The van der Waals surface area contributed by atoms with Gasteiger partial charge in [0.1, 0.15) is 0 Å². The fourth-order valence-corrected chi connectivity index (χ4v) is 8.88. The van der Waals surface area contributed by atoms with E-state index in [0.29, 0.717) is 30.6 Å². The van der Waals surface area contributed by atoms with Gasteiger partial charge >= 0.3 is 0 Å². The van der Waals surface area contributed by atoms with Gasteiger partial charge in [0.25, 0.3) is 0 Å². The first-order valence-electron chi connectivity index (χ1n) is 14.0. The van der Waals surface area contributed by atoms with Crippen LogP contribution in [0.5, 0.6) is 0 Å². The topological polar surface area (TPSA) is 60.7 Å². The van der Waals surface area contributed by atoms with Gasteiger partial charge in [-0.25, -0.2) is 0 Å². The Morgan fingerprint density at radius 2 is 1.89 bits per heavy atom. The number of aliphatic hydroxyl groups is 3. The van der Waals surface area contributed by atoms with Crippen LogP contribution in [0.2, 0.25) is 0 Å². The summed E-state index contributed by atoms with van der Waals surface area (Å²) in [6.45, 7) is 11.1. The quantitative estimate of drug-likeness (QED) is 0.371. The Balaban J connectivity index is 1.29. The predicted molar refractivity (Wildman–Crippen MR) is 149 cm³/mol. The lowest BCUT2D eigenvalue weighted by Gasteiger charge is -2.44. The van der Waals surface area contributed by atoms with Gasteiger partial charge in [0, 0.05) is 21.6 Å². The van der Waals surface area contributed by atoms with E-state index in [9.17, 15) is 15.3 Å². The summed E-state index contributed by atoms with van der Waals surface area (Å²) in [4.78, 5) is 2.66. The van der Waals surface area contributed by atoms with Crippen molar-refractivity contribution in [3.63, 3.8) is 0 Å². The summed E-state index contributed by atoms with van der Waals surface area (Å²) in [6.07, 6.45) is 16.6. The molecule has 0 radical (unpaired) electrons. The monoisotopic (exact) mass is 508 g/mol. The van der Waals surface area contributed by atoms with Gasteiger partial charge in [-0.3, -0.25) is 0 Å². The highest BCUT2D eigenvalue weighted by Crippen LogP contribution is 2.60. The van der Waals surface area contributed by atoms with Crippen molar-refractivity contribution >= 4 is 11.3 Å². The number of hydrogen-bond donors (Lipinski definition) is 3. The molecule has 4 saturated carbocycles. The van der Waals surface area contributed by atoms with Crippen molar-refractivity contribution in [3.8, 4) is 0 Å². The van der Waals surface area contributed by atoms with Crippen molar-refractivity contribution in [2.75, 3.05) is 0 Å². The Bertz CT molecular complexity index is 1070. The molecule has 0 spiro atoms. The standard InChI is InChI=1S/C32H44O3S/c1-20(7-13-29(35)32(16-17-32)30-14-8-21(2)36-30)26-11-12-27-23(6-5-15-31(26,27)4)9-10-24-18-25(33)19-28(34)22(24)3/h7-10,13-14,20,25-29,33-35H,3,5-6,11-12,15-19H2,1-2,4H3/t20-,25-,26-,27+,28+,29+,31-/m1/s1. The number of rotatable bonds is 6. The summed E-state index contributed by atoms with van der Waals surface area (Å²) in [6, 6.07) is 4.39. The molecule has 36 heavy (non-hydrogen) atoms. The SMILES string of the molecule is C=C1C(=CC=C2CCC[C@]3(C)[C@@H]([C@H](C)C=C[C@H](O)C4(c5ccc(C)s5)CC4)CC[C@@H]23)C[C@@H](O)C[C@@H]1O. The van der Waals surface area contributed by atoms with Crippen molar-refractivity contribution < 1.29 is 15.3 Å². The molecule has 0 saturated heterocycles. The van der Waals surface area contributed by atoms with Crippen LogP contribution in [0, 0.1) is 30.1 Å². The molecule has 1 heterocycles. The van der Waals surface area contributed by atoms with E-state index in [0.717, 1.165) is 30.4 Å². The Morgan fingerprint density at radius 3 is 2.58 bits per heavy atom. The molecule has 196 valence electrons. The number of aliphatic hydroxyl groups excluding tert-OH is 3. The molecule has 0 amide bonds. The molecule has 0 aromatic carbocycles. The van der Waals surface area contributed by atoms with Crippen LogP contribution in [0.25, 0.3) is 0 Å². The Hall–Kier alpha value is -1.46. The molecule has 3 nitrogen and oxygen atoms in total. The van der Waals surface area contributed by atoms with Gasteiger partial charge in [-0.2, -0.15) is 0 Å². The molecule has 1 aromatic rings. The lowest BCUT2D eigenvalue weighted by Crippen LogP contribution is -2.35. The first-order chi connectivity index (χ1) is 17.1. The minimum Gasteiger partial charge on any atom is -0.393 e. The molecule has 4 aliphatic rings. The molecule has 0 bridgehead atoms. The minimum atomic E-state index is -0.632. The number of fused-ring (bicyclic) bond motifs is 1. The van der Waals surface area contributed by atoms with Crippen LogP contribution < -0.4 is 0 Å². The van der Waals surface area contributed by atoms with E-state index in [1.165, 1.54) is 41.0 Å². The smallest absolute Gasteiger partial charge is 0.0825 e. The van der Waals surface area contributed by atoms with Gasteiger partial charge in [0.05, 0.1) is 18.3 Å². The van der Waals surface area contributed by atoms with E-state index in [4.69, 9.17) is 0 Å². The second kappa shape index (κ2) is 10.0. The fraction of sp³-hybridized carbons (Fsp3) is 0.625. The number of allylic oxidation sites excluding steroid dienone is 4. The molecule has 3 N–H and O–H groups in total. The van der Waals surface area contributed by atoms with Gasteiger partial charge in [0.2, 0.25) is 0 Å². The summed E-state index contributed by atoms with van der Waals surface area (Å²) in [5.41, 5.74) is 3.53. The largest absolute Gasteiger partial charge is 0.393 e. The maximum Gasteiger partial charge on any atom is 0.0825 e. The highest BCUT2D eigenvalue weighted by molar-refractivity contribution is 7.12. The summed E-state index contributed by atoms with van der Waals surface area (Å²) in [5.74, 6) is 1.65. The molecule has 5 rings (SSSR count). The van der Waals surface area contributed by atoms with Crippen LogP contribution in [-0.2, 0) is 5.41 Å². The molecule has 4 fully saturated rings. The molecule has 7 atom stereocenters. The molecule has 0 unspecified atom stereocenters. The lowest BCUT2D eigenvalue weighted by molar-refractivity contribution is 0.0862. The third-order valence-electron chi connectivity index (χ3n) is 10.1. The van der Waals surface area contributed by atoms with E-state index in [2.05, 4.69) is 63.8 Å². The van der Waals surface area contributed by atoms with Crippen LogP contribution in [0.15, 0.2) is 59.7 Å². The maximum absolute atomic E-state index is 11.1. The van der Waals surface area contributed by atoms with Crippen molar-refractivity contribution in [1.29, 1.82) is 0 Å². The summed E-state index contributed by atoms with van der Waals surface area (Å²) in [5, 5.41) is 31.5. The summed E-state index contributed by atoms with van der Waals surface area (Å²) >= 11 is 1.84. The zero-order valence-corrected chi connectivity index (χ0v) is 23.1. The van der Waals surface area contributed by atoms with E-state index in [1.807, 2.05) is 11.3 Å². The fourth-order valence-electron chi connectivity index (χ4n) is 7.73. The summed E-state index contributed by atoms with van der Waals surface area (Å²) in [7, 11) is 0. The highest BCUT2D eigenvalue weighted by Gasteiger charge is 2.52. The van der Waals surface area contributed by atoms with Crippen LogP contribution in [0.1, 0.15) is 81.4 Å². The van der Waals surface area contributed by atoms with Gasteiger partial charge in [0.15, 0.2) is 0 Å². The van der Waals surface area contributed by atoms with Crippen molar-refractivity contribution in [3.05, 3.63) is 69.5 Å². The van der Waals surface area contributed by atoms with E-state index in [1.54, 1.807) is 0 Å². The van der Waals surface area contributed by atoms with Crippen LogP contribution in [0.3, 0.4) is 0 Å². The van der Waals surface area contributed by atoms with Crippen molar-refractivity contribution in [1.82, 2.24) is 0 Å². The first-order valence-corrected chi connectivity index (χ1v) is 14.8. The molecular formula is C32H44O3S.